The monoisotopic (exact) mass is 120 g/mol. The van der Waals surface area contributed by atoms with Crippen LogP contribution in [0.4, 0.5) is 0 Å². The molecule has 9 heavy (non-hydrogen) atoms. The van der Waals surface area contributed by atoms with Crippen LogP contribution in [0.25, 0.3) is 0 Å². The van der Waals surface area contributed by atoms with Crippen molar-refractivity contribution in [3.8, 4) is 0 Å². The molecule has 2 aliphatic rings. The lowest BCUT2D eigenvalue weighted by atomic mass is 9.71. The third-order valence-corrected chi connectivity index (χ3v) is 2.80. The van der Waals surface area contributed by atoms with Crippen LogP contribution in [-0.4, -0.2) is 0 Å². The molecule has 0 N–H and O–H groups in total. The van der Waals surface area contributed by atoms with Gasteiger partial charge in [0.15, 0.2) is 0 Å². The van der Waals surface area contributed by atoms with Crippen molar-refractivity contribution >= 4 is 0 Å². The summed E-state index contributed by atoms with van der Waals surface area (Å²) in [5.74, 6) is 1.72. The van der Waals surface area contributed by atoms with Gasteiger partial charge < -0.3 is 0 Å². The number of rotatable bonds is 0. The maximum Gasteiger partial charge on any atom is -0.0127 e. The van der Waals surface area contributed by atoms with E-state index < -0.39 is 0 Å². The van der Waals surface area contributed by atoms with Crippen molar-refractivity contribution in [3.63, 3.8) is 0 Å². The lowest BCUT2D eigenvalue weighted by Crippen LogP contribution is -2.22. The first kappa shape index (κ1) is 5.28. The van der Waals surface area contributed by atoms with Crippen molar-refractivity contribution in [1.82, 2.24) is 0 Å². The smallest absolute Gasteiger partial charge is 0.0127 e. The summed E-state index contributed by atoms with van der Waals surface area (Å²) in [5.41, 5.74) is 3.32. The molecule has 0 aromatic rings. The summed E-state index contributed by atoms with van der Waals surface area (Å²) >= 11 is 0. The van der Waals surface area contributed by atoms with Gasteiger partial charge in [0.1, 0.15) is 0 Å². The molecule has 0 radical (unpaired) electrons. The van der Waals surface area contributed by atoms with Crippen molar-refractivity contribution in [2.75, 3.05) is 0 Å². The zero-order valence-corrected chi connectivity index (χ0v) is 6.02. The zero-order valence-electron chi connectivity index (χ0n) is 6.02. The van der Waals surface area contributed by atoms with Crippen molar-refractivity contribution < 1.29 is 0 Å². The summed E-state index contributed by atoms with van der Waals surface area (Å²) in [6.07, 6.45) is 5.81. The normalized spacial score (nSPS) is 38.9. The lowest BCUT2D eigenvalue weighted by molar-refractivity contribution is 0.437. The summed E-state index contributed by atoms with van der Waals surface area (Å²) in [6.45, 7) is 4.65. The molecule has 0 bridgehead atoms. The SMILES string of the molecule is CC1C2=C(CC=C2)C1C. The molecule has 2 atom stereocenters. The van der Waals surface area contributed by atoms with Gasteiger partial charge in [0.05, 0.1) is 0 Å². The Bertz CT molecular complexity index is 196. The highest BCUT2D eigenvalue weighted by atomic mass is 14.4. The van der Waals surface area contributed by atoms with Gasteiger partial charge in [-0.1, -0.05) is 31.6 Å². The maximum absolute atomic E-state index is 2.33. The molecule has 2 rings (SSSR count). The standard InChI is InChI=1S/C9H12/c1-6-7(2)9-5-3-4-8(6)9/h3-4,6-7H,5H2,1-2H3. The molecule has 0 aliphatic heterocycles. The number of allylic oxidation sites excluding steroid dienone is 4. The van der Waals surface area contributed by atoms with E-state index in [9.17, 15) is 0 Å². The van der Waals surface area contributed by atoms with E-state index in [4.69, 9.17) is 0 Å². The van der Waals surface area contributed by atoms with Gasteiger partial charge >= 0.3 is 0 Å². The maximum atomic E-state index is 2.33. The van der Waals surface area contributed by atoms with Crippen molar-refractivity contribution in [2.24, 2.45) is 11.8 Å². The van der Waals surface area contributed by atoms with Crippen LogP contribution in [-0.2, 0) is 0 Å². The minimum absolute atomic E-state index is 0.846. The lowest BCUT2D eigenvalue weighted by Gasteiger charge is -2.33. The first-order valence-corrected chi connectivity index (χ1v) is 3.70. The molecule has 0 spiro atoms. The fraction of sp³-hybridized carbons (Fsp3) is 0.556. The van der Waals surface area contributed by atoms with Crippen LogP contribution in [0.15, 0.2) is 23.3 Å². The third-order valence-electron chi connectivity index (χ3n) is 2.80. The molecule has 0 aromatic carbocycles. The topological polar surface area (TPSA) is 0 Å². The Morgan fingerprint density at radius 2 is 2.11 bits per heavy atom. The predicted molar refractivity (Wildman–Crippen MR) is 39.1 cm³/mol. The van der Waals surface area contributed by atoms with E-state index in [1.807, 2.05) is 0 Å². The average Bonchev–Trinajstić information content (AvgIpc) is 2.30. The fourth-order valence-corrected chi connectivity index (χ4v) is 1.91. The molecule has 0 fully saturated rings. The molecule has 0 saturated heterocycles. The Labute approximate surface area is 56.3 Å². The van der Waals surface area contributed by atoms with E-state index in [-0.39, 0.29) is 0 Å². The van der Waals surface area contributed by atoms with E-state index in [1.54, 1.807) is 11.1 Å². The summed E-state index contributed by atoms with van der Waals surface area (Å²) in [4.78, 5) is 0. The van der Waals surface area contributed by atoms with Crippen molar-refractivity contribution in [3.05, 3.63) is 23.3 Å². The second kappa shape index (κ2) is 1.50. The fourth-order valence-electron chi connectivity index (χ4n) is 1.91. The molecule has 0 nitrogen and oxygen atoms in total. The van der Waals surface area contributed by atoms with Crippen LogP contribution in [0.2, 0.25) is 0 Å². The largest absolute Gasteiger partial charge is 0.0802 e. The molecule has 0 heteroatoms. The van der Waals surface area contributed by atoms with Crippen LogP contribution in [0, 0.1) is 11.8 Å². The third kappa shape index (κ3) is 0.487. The first-order chi connectivity index (χ1) is 4.30. The summed E-state index contributed by atoms with van der Waals surface area (Å²) in [6, 6.07) is 0. The molecule has 2 aliphatic carbocycles. The predicted octanol–water partition coefficient (Wildman–Crippen LogP) is 2.53. The Balaban J connectivity index is 2.33. The van der Waals surface area contributed by atoms with Gasteiger partial charge in [0.2, 0.25) is 0 Å². The molecule has 0 saturated carbocycles. The highest BCUT2D eigenvalue weighted by Crippen LogP contribution is 2.45. The van der Waals surface area contributed by atoms with Gasteiger partial charge in [0.25, 0.3) is 0 Å². The molecule has 0 heterocycles. The zero-order chi connectivity index (χ0) is 6.43. The van der Waals surface area contributed by atoms with Gasteiger partial charge in [-0.3, -0.25) is 0 Å². The minimum atomic E-state index is 0.846. The molecular formula is C9H12. The summed E-state index contributed by atoms with van der Waals surface area (Å²) < 4.78 is 0. The highest BCUT2D eigenvalue weighted by Gasteiger charge is 2.33. The van der Waals surface area contributed by atoms with Crippen molar-refractivity contribution in [1.29, 1.82) is 0 Å². The molecular weight excluding hydrogens is 108 g/mol. The van der Waals surface area contributed by atoms with E-state index in [1.165, 1.54) is 6.42 Å². The molecule has 0 amide bonds. The minimum Gasteiger partial charge on any atom is -0.0802 e. The van der Waals surface area contributed by atoms with Crippen LogP contribution in [0.5, 0.6) is 0 Å². The number of hydrogen-bond donors (Lipinski definition) is 0. The van der Waals surface area contributed by atoms with Crippen LogP contribution < -0.4 is 0 Å². The first-order valence-electron chi connectivity index (χ1n) is 3.70. The van der Waals surface area contributed by atoms with Crippen molar-refractivity contribution in [2.45, 2.75) is 20.3 Å². The quantitative estimate of drug-likeness (QED) is 0.461. The Morgan fingerprint density at radius 1 is 1.33 bits per heavy atom. The number of hydrogen-bond acceptors (Lipinski definition) is 0. The Morgan fingerprint density at radius 3 is 2.78 bits per heavy atom. The molecule has 2 unspecified atom stereocenters. The van der Waals surface area contributed by atoms with E-state index in [2.05, 4.69) is 26.0 Å². The van der Waals surface area contributed by atoms with Gasteiger partial charge in [0, 0.05) is 0 Å². The highest BCUT2D eigenvalue weighted by molar-refractivity contribution is 5.45. The van der Waals surface area contributed by atoms with Crippen LogP contribution in [0.1, 0.15) is 20.3 Å². The average molecular weight is 120 g/mol. The van der Waals surface area contributed by atoms with Gasteiger partial charge in [-0.25, -0.2) is 0 Å². The summed E-state index contributed by atoms with van der Waals surface area (Å²) in [7, 11) is 0. The van der Waals surface area contributed by atoms with E-state index in [0.717, 1.165) is 11.8 Å². The van der Waals surface area contributed by atoms with Gasteiger partial charge in [-0.05, 0) is 23.8 Å². The summed E-state index contributed by atoms with van der Waals surface area (Å²) in [5, 5.41) is 0. The van der Waals surface area contributed by atoms with Crippen LogP contribution >= 0.6 is 0 Å². The Kier molecular flexibility index (Phi) is 0.879. The van der Waals surface area contributed by atoms with E-state index >= 15 is 0 Å². The van der Waals surface area contributed by atoms with Gasteiger partial charge in [-0.15, -0.1) is 0 Å². The second-order valence-corrected chi connectivity index (χ2v) is 3.16. The Hall–Kier alpha value is -0.520. The van der Waals surface area contributed by atoms with E-state index in [0.29, 0.717) is 0 Å². The molecule has 48 valence electrons. The molecule has 0 aromatic heterocycles. The van der Waals surface area contributed by atoms with Gasteiger partial charge in [-0.2, -0.15) is 0 Å². The second-order valence-electron chi connectivity index (χ2n) is 3.16. The van der Waals surface area contributed by atoms with Crippen LogP contribution in [0.3, 0.4) is 0 Å².